The van der Waals surface area contributed by atoms with Gasteiger partial charge in [-0.3, -0.25) is 4.79 Å². The van der Waals surface area contributed by atoms with Gasteiger partial charge in [0.05, 0.1) is 5.56 Å². The van der Waals surface area contributed by atoms with Gasteiger partial charge in [-0.05, 0) is 45.9 Å². The van der Waals surface area contributed by atoms with Gasteiger partial charge in [-0.15, -0.1) is 0 Å². The van der Waals surface area contributed by atoms with E-state index in [4.69, 9.17) is 10.5 Å². The summed E-state index contributed by atoms with van der Waals surface area (Å²) in [5.74, 6) is -1.50. The van der Waals surface area contributed by atoms with Crippen molar-refractivity contribution in [3.8, 4) is 0 Å². The second-order valence-electron chi connectivity index (χ2n) is 5.99. The topological polar surface area (TPSA) is 93.4 Å². The molecule has 6 nitrogen and oxygen atoms in total. The summed E-state index contributed by atoms with van der Waals surface area (Å²) in [7, 11) is 0. The molecular formula is C15H22FN3O3. The van der Waals surface area contributed by atoms with E-state index < -0.39 is 23.4 Å². The van der Waals surface area contributed by atoms with E-state index in [1.165, 1.54) is 12.1 Å². The van der Waals surface area contributed by atoms with Crippen LogP contribution in [0.25, 0.3) is 0 Å². The van der Waals surface area contributed by atoms with Gasteiger partial charge in [-0.25, -0.2) is 9.18 Å². The quantitative estimate of drug-likeness (QED) is 0.777. The smallest absolute Gasteiger partial charge is 0.407 e. The van der Waals surface area contributed by atoms with Gasteiger partial charge in [0.1, 0.15) is 11.4 Å². The molecule has 0 aliphatic carbocycles. The largest absolute Gasteiger partial charge is 0.444 e. The molecule has 7 heteroatoms. The number of hydrogen-bond acceptors (Lipinski definition) is 4. The van der Waals surface area contributed by atoms with E-state index in [1.54, 1.807) is 20.8 Å². The zero-order valence-electron chi connectivity index (χ0n) is 13.2. The molecular weight excluding hydrogens is 289 g/mol. The molecule has 0 aromatic heterocycles. The van der Waals surface area contributed by atoms with E-state index in [2.05, 4.69) is 10.6 Å². The van der Waals surface area contributed by atoms with Crippen LogP contribution in [0.4, 0.5) is 14.9 Å². The SMILES string of the molecule is CC(CNC(=O)OC(C)(C)C)Nc1ccc(F)c(C(N)=O)c1. The molecule has 1 atom stereocenters. The van der Waals surface area contributed by atoms with E-state index in [-0.39, 0.29) is 11.6 Å². The van der Waals surface area contributed by atoms with Crippen molar-refractivity contribution in [1.29, 1.82) is 0 Å². The van der Waals surface area contributed by atoms with Crippen molar-refractivity contribution >= 4 is 17.7 Å². The van der Waals surface area contributed by atoms with Crippen LogP contribution in [0.2, 0.25) is 0 Å². The summed E-state index contributed by atoms with van der Waals surface area (Å²) in [5.41, 5.74) is 4.88. The Hall–Kier alpha value is -2.31. The third-order valence-corrected chi connectivity index (χ3v) is 2.60. The number of nitrogens with two attached hydrogens (primary N) is 1. The number of carbonyl (C=O) groups is 2. The van der Waals surface area contributed by atoms with E-state index in [9.17, 15) is 14.0 Å². The first-order valence-corrected chi connectivity index (χ1v) is 6.91. The van der Waals surface area contributed by atoms with Gasteiger partial charge < -0.3 is 21.1 Å². The molecule has 22 heavy (non-hydrogen) atoms. The predicted molar refractivity (Wildman–Crippen MR) is 82.2 cm³/mol. The molecule has 1 rings (SSSR count). The van der Waals surface area contributed by atoms with Crippen molar-refractivity contribution in [3.63, 3.8) is 0 Å². The van der Waals surface area contributed by atoms with Crippen LogP contribution in [0.15, 0.2) is 18.2 Å². The monoisotopic (exact) mass is 311 g/mol. The van der Waals surface area contributed by atoms with Crippen LogP contribution in [0, 0.1) is 5.82 Å². The summed E-state index contributed by atoms with van der Waals surface area (Å²) in [4.78, 5) is 22.6. The number of primary amides is 1. The van der Waals surface area contributed by atoms with Crippen LogP contribution in [0.1, 0.15) is 38.1 Å². The highest BCUT2D eigenvalue weighted by molar-refractivity contribution is 5.94. The molecule has 0 spiro atoms. The first-order valence-electron chi connectivity index (χ1n) is 6.91. The lowest BCUT2D eigenvalue weighted by atomic mass is 10.1. The zero-order chi connectivity index (χ0) is 16.9. The molecule has 0 saturated heterocycles. The minimum Gasteiger partial charge on any atom is -0.444 e. The normalized spacial score (nSPS) is 12.4. The summed E-state index contributed by atoms with van der Waals surface area (Å²) in [6.45, 7) is 7.46. The fraction of sp³-hybridized carbons (Fsp3) is 0.467. The summed E-state index contributed by atoms with van der Waals surface area (Å²) in [6.07, 6.45) is -0.516. The summed E-state index contributed by atoms with van der Waals surface area (Å²) in [5, 5.41) is 5.66. The number of hydrogen-bond donors (Lipinski definition) is 3. The Morgan fingerprint density at radius 2 is 2.00 bits per heavy atom. The Kier molecular flexibility index (Phi) is 5.73. The Morgan fingerprint density at radius 1 is 1.36 bits per heavy atom. The van der Waals surface area contributed by atoms with Crippen molar-refractivity contribution in [3.05, 3.63) is 29.6 Å². The standard InChI is InChI=1S/C15H22FN3O3/c1-9(8-18-14(21)22-15(2,3)4)19-10-5-6-12(16)11(7-10)13(17)20/h5-7,9,19H,8H2,1-4H3,(H2,17,20)(H,18,21). The third-order valence-electron chi connectivity index (χ3n) is 2.60. The van der Waals surface area contributed by atoms with Crippen LogP contribution >= 0.6 is 0 Å². The molecule has 1 aromatic rings. The van der Waals surface area contributed by atoms with Crippen molar-refractivity contribution in [2.75, 3.05) is 11.9 Å². The highest BCUT2D eigenvalue weighted by atomic mass is 19.1. The molecule has 2 amide bonds. The maximum Gasteiger partial charge on any atom is 0.407 e. The molecule has 0 aliphatic rings. The Balaban J connectivity index is 2.55. The second-order valence-corrected chi connectivity index (χ2v) is 5.99. The number of benzene rings is 1. The molecule has 0 aliphatic heterocycles. The number of rotatable bonds is 5. The highest BCUT2D eigenvalue weighted by Gasteiger charge is 2.16. The molecule has 0 bridgehead atoms. The molecule has 0 saturated carbocycles. The Morgan fingerprint density at radius 3 is 2.55 bits per heavy atom. The zero-order valence-corrected chi connectivity index (χ0v) is 13.2. The number of alkyl carbamates (subject to hydrolysis) is 1. The van der Waals surface area contributed by atoms with Crippen LogP contribution < -0.4 is 16.4 Å². The lowest BCUT2D eigenvalue weighted by Crippen LogP contribution is -2.38. The van der Waals surface area contributed by atoms with Gasteiger partial charge in [0.25, 0.3) is 5.91 Å². The van der Waals surface area contributed by atoms with Gasteiger partial charge in [0.15, 0.2) is 0 Å². The van der Waals surface area contributed by atoms with Crippen molar-refractivity contribution < 1.29 is 18.7 Å². The average molecular weight is 311 g/mol. The van der Waals surface area contributed by atoms with E-state index >= 15 is 0 Å². The summed E-state index contributed by atoms with van der Waals surface area (Å²) in [6, 6.07) is 3.84. The lowest BCUT2D eigenvalue weighted by molar-refractivity contribution is 0.0526. The first-order chi connectivity index (χ1) is 10.1. The average Bonchev–Trinajstić information content (AvgIpc) is 2.36. The highest BCUT2D eigenvalue weighted by Crippen LogP contribution is 2.15. The van der Waals surface area contributed by atoms with Crippen LogP contribution in [0.3, 0.4) is 0 Å². The Labute approximate surface area is 129 Å². The van der Waals surface area contributed by atoms with Gasteiger partial charge in [-0.2, -0.15) is 0 Å². The summed E-state index contributed by atoms with van der Waals surface area (Å²) < 4.78 is 18.5. The van der Waals surface area contributed by atoms with Gasteiger partial charge >= 0.3 is 6.09 Å². The maximum absolute atomic E-state index is 13.4. The van der Waals surface area contributed by atoms with E-state index in [0.717, 1.165) is 6.07 Å². The second kappa shape index (κ2) is 7.11. The van der Waals surface area contributed by atoms with Crippen LogP contribution in [-0.2, 0) is 4.74 Å². The molecule has 0 radical (unpaired) electrons. The predicted octanol–water partition coefficient (Wildman–Crippen LogP) is 2.25. The van der Waals surface area contributed by atoms with Gasteiger partial charge in [0.2, 0.25) is 0 Å². The molecule has 122 valence electrons. The number of amides is 2. The fourth-order valence-electron chi connectivity index (χ4n) is 1.69. The van der Waals surface area contributed by atoms with Gasteiger partial charge in [0, 0.05) is 18.3 Å². The van der Waals surface area contributed by atoms with E-state index in [0.29, 0.717) is 12.2 Å². The van der Waals surface area contributed by atoms with Crippen LogP contribution in [0.5, 0.6) is 0 Å². The molecule has 0 heterocycles. The fourth-order valence-corrected chi connectivity index (χ4v) is 1.69. The molecule has 1 aromatic carbocycles. The maximum atomic E-state index is 13.4. The van der Waals surface area contributed by atoms with Crippen molar-refractivity contribution in [2.45, 2.75) is 39.3 Å². The van der Waals surface area contributed by atoms with Crippen molar-refractivity contribution in [2.24, 2.45) is 5.73 Å². The lowest BCUT2D eigenvalue weighted by Gasteiger charge is -2.21. The number of ether oxygens (including phenoxy) is 1. The number of anilines is 1. The minimum absolute atomic E-state index is 0.154. The number of halogens is 1. The number of nitrogens with one attached hydrogen (secondary N) is 2. The van der Waals surface area contributed by atoms with Gasteiger partial charge in [-0.1, -0.05) is 0 Å². The van der Waals surface area contributed by atoms with Crippen molar-refractivity contribution in [1.82, 2.24) is 5.32 Å². The molecule has 4 N–H and O–H groups in total. The minimum atomic E-state index is -0.833. The number of carbonyl (C=O) groups excluding carboxylic acids is 2. The van der Waals surface area contributed by atoms with E-state index in [1.807, 2.05) is 6.92 Å². The Bertz CT molecular complexity index is 555. The molecule has 0 fully saturated rings. The van der Waals surface area contributed by atoms with Crippen LogP contribution in [-0.4, -0.2) is 30.2 Å². The first kappa shape index (κ1) is 17.7. The summed E-state index contributed by atoms with van der Waals surface area (Å²) >= 11 is 0. The third kappa shape index (κ3) is 5.99. The molecule has 1 unspecified atom stereocenters.